The van der Waals surface area contributed by atoms with Gasteiger partial charge >= 0.3 is 0 Å². The molecule has 0 saturated carbocycles. The molecule has 0 fully saturated rings. The van der Waals surface area contributed by atoms with Crippen LogP contribution in [0.3, 0.4) is 0 Å². The maximum absolute atomic E-state index is 13.4. The van der Waals surface area contributed by atoms with Gasteiger partial charge in [-0.2, -0.15) is 4.68 Å². The molecule has 1 unspecified atom stereocenters. The van der Waals surface area contributed by atoms with Crippen molar-refractivity contribution in [3.8, 4) is 5.75 Å². The van der Waals surface area contributed by atoms with Crippen molar-refractivity contribution in [3.63, 3.8) is 0 Å². The Hall–Kier alpha value is -4.17. The minimum Gasteiger partial charge on any atom is -0.489 e. The number of aromatic nitrogens is 4. The average Bonchev–Trinajstić information content (AvgIpc) is 3.32. The molecule has 8 nitrogen and oxygen atoms in total. The van der Waals surface area contributed by atoms with Gasteiger partial charge in [-0.15, -0.1) is 0 Å². The minimum absolute atomic E-state index is 0.232. The van der Waals surface area contributed by atoms with Gasteiger partial charge in [-0.1, -0.05) is 64.7 Å². The predicted octanol–water partition coefficient (Wildman–Crippen LogP) is 5.14. The number of halogens is 1. The Morgan fingerprint density at radius 3 is 2.54 bits per heavy atom. The monoisotopic (exact) mass is 486 g/mol. The van der Waals surface area contributed by atoms with E-state index >= 15 is 0 Å². The molecule has 176 valence electrons. The van der Waals surface area contributed by atoms with Crippen molar-refractivity contribution in [3.05, 3.63) is 106 Å². The standard InChI is InChI=1S/C26H23ClN6O2/c1-16-7-11-20(12-8-16)29-25(34)23-17(2)28-26-30-31-32-33(26)24(23)18-9-13-21(14-10-18)35-15-19-5-3-4-6-22(19)27/h3-14,24H,15H2,1-2H3,(H,29,34)(H,28,30,32). The highest BCUT2D eigenvalue weighted by Crippen LogP contribution is 2.35. The molecule has 3 aromatic carbocycles. The number of fused-ring (bicyclic) bond motifs is 1. The number of tetrazole rings is 1. The van der Waals surface area contributed by atoms with Gasteiger partial charge in [-0.05, 0) is 60.2 Å². The van der Waals surface area contributed by atoms with E-state index in [-0.39, 0.29) is 5.91 Å². The molecule has 0 bridgehead atoms. The van der Waals surface area contributed by atoms with E-state index in [4.69, 9.17) is 16.3 Å². The second-order valence-corrected chi connectivity index (χ2v) is 8.69. The van der Waals surface area contributed by atoms with Crippen LogP contribution in [0, 0.1) is 6.92 Å². The Kier molecular flexibility index (Phi) is 6.20. The number of nitrogens with one attached hydrogen (secondary N) is 2. The van der Waals surface area contributed by atoms with Crippen LogP contribution in [0.15, 0.2) is 84.1 Å². The lowest BCUT2D eigenvalue weighted by molar-refractivity contribution is -0.113. The van der Waals surface area contributed by atoms with Crippen molar-refractivity contribution in [1.29, 1.82) is 0 Å². The summed E-state index contributed by atoms with van der Waals surface area (Å²) in [5.74, 6) is 0.924. The van der Waals surface area contributed by atoms with Gasteiger partial charge in [0.05, 0.1) is 5.57 Å². The molecule has 1 aliphatic rings. The zero-order valence-corrected chi connectivity index (χ0v) is 20.0. The number of carbonyl (C=O) groups is 1. The molecule has 5 rings (SSSR count). The van der Waals surface area contributed by atoms with Crippen LogP contribution in [-0.2, 0) is 11.4 Å². The Balaban J connectivity index is 1.41. The molecule has 2 N–H and O–H groups in total. The first-order valence-corrected chi connectivity index (χ1v) is 11.5. The van der Waals surface area contributed by atoms with Crippen LogP contribution in [0.2, 0.25) is 5.02 Å². The quantitative estimate of drug-likeness (QED) is 0.392. The number of amides is 1. The second kappa shape index (κ2) is 9.60. The smallest absolute Gasteiger partial charge is 0.255 e. The van der Waals surface area contributed by atoms with Crippen LogP contribution in [-0.4, -0.2) is 26.1 Å². The number of allylic oxidation sites excluding steroid dienone is 1. The lowest BCUT2D eigenvalue weighted by Gasteiger charge is -2.28. The van der Waals surface area contributed by atoms with Gasteiger partial charge in [0, 0.05) is 22.0 Å². The molecule has 1 atom stereocenters. The average molecular weight is 487 g/mol. The SMILES string of the molecule is CC1=C(C(=O)Nc2ccc(C)cc2)C(c2ccc(OCc3ccccc3Cl)cc2)n2nnnc2N1. The van der Waals surface area contributed by atoms with E-state index in [1.807, 2.05) is 86.6 Å². The Morgan fingerprint density at radius 1 is 1.06 bits per heavy atom. The van der Waals surface area contributed by atoms with E-state index in [1.54, 1.807) is 4.68 Å². The van der Waals surface area contributed by atoms with E-state index in [0.29, 0.717) is 40.3 Å². The third-order valence-corrected chi connectivity index (χ3v) is 6.18. The lowest BCUT2D eigenvalue weighted by atomic mass is 9.95. The third-order valence-electron chi connectivity index (χ3n) is 5.82. The number of ether oxygens (including phenoxy) is 1. The van der Waals surface area contributed by atoms with Crippen LogP contribution >= 0.6 is 11.6 Å². The van der Waals surface area contributed by atoms with Gasteiger partial charge in [0.1, 0.15) is 18.4 Å². The van der Waals surface area contributed by atoms with Crippen molar-refractivity contribution in [2.45, 2.75) is 26.5 Å². The first-order chi connectivity index (χ1) is 17.0. The maximum Gasteiger partial charge on any atom is 0.255 e. The molecule has 1 amide bonds. The van der Waals surface area contributed by atoms with Crippen molar-refractivity contribution in [1.82, 2.24) is 20.2 Å². The molecule has 0 radical (unpaired) electrons. The number of rotatable bonds is 6. The topological polar surface area (TPSA) is 94.0 Å². The summed E-state index contributed by atoms with van der Waals surface area (Å²) in [6.07, 6.45) is 0. The fourth-order valence-corrected chi connectivity index (χ4v) is 4.16. The number of hydrogen-bond donors (Lipinski definition) is 2. The van der Waals surface area contributed by atoms with Crippen molar-refractivity contribution < 1.29 is 9.53 Å². The number of anilines is 2. The van der Waals surface area contributed by atoms with Crippen LogP contribution in [0.4, 0.5) is 11.6 Å². The molecule has 35 heavy (non-hydrogen) atoms. The Labute approximate surface area is 207 Å². The summed E-state index contributed by atoms with van der Waals surface area (Å²) in [7, 11) is 0. The molecule has 4 aromatic rings. The largest absolute Gasteiger partial charge is 0.489 e. The van der Waals surface area contributed by atoms with Gasteiger partial charge in [-0.25, -0.2) is 0 Å². The lowest BCUT2D eigenvalue weighted by Crippen LogP contribution is -2.31. The first kappa shape index (κ1) is 22.6. The normalized spacial score (nSPS) is 14.8. The van der Waals surface area contributed by atoms with Crippen LogP contribution in [0.25, 0.3) is 0 Å². The molecular weight excluding hydrogens is 464 g/mol. The summed E-state index contributed by atoms with van der Waals surface area (Å²) in [4.78, 5) is 13.4. The summed E-state index contributed by atoms with van der Waals surface area (Å²) < 4.78 is 7.53. The van der Waals surface area contributed by atoms with E-state index < -0.39 is 6.04 Å². The van der Waals surface area contributed by atoms with Crippen LogP contribution in [0.1, 0.15) is 29.7 Å². The molecule has 0 spiro atoms. The van der Waals surface area contributed by atoms with Crippen molar-refractivity contribution in [2.24, 2.45) is 0 Å². The summed E-state index contributed by atoms with van der Waals surface area (Å²) in [6.45, 7) is 4.20. The number of hydrogen-bond acceptors (Lipinski definition) is 6. The number of carbonyl (C=O) groups excluding carboxylic acids is 1. The number of aryl methyl sites for hydroxylation is 1. The second-order valence-electron chi connectivity index (χ2n) is 8.28. The van der Waals surface area contributed by atoms with Crippen LogP contribution < -0.4 is 15.4 Å². The first-order valence-electron chi connectivity index (χ1n) is 11.1. The zero-order valence-electron chi connectivity index (χ0n) is 19.2. The highest BCUT2D eigenvalue weighted by atomic mass is 35.5. The molecule has 1 aromatic heterocycles. The molecule has 9 heteroatoms. The highest BCUT2D eigenvalue weighted by Gasteiger charge is 2.34. The predicted molar refractivity (Wildman–Crippen MR) is 134 cm³/mol. The number of benzene rings is 3. The Morgan fingerprint density at radius 2 is 1.80 bits per heavy atom. The van der Waals surface area contributed by atoms with E-state index in [0.717, 1.165) is 16.7 Å². The van der Waals surface area contributed by atoms with Gasteiger partial charge in [0.15, 0.2) is 0 Å². The third kappa shape index (κ3) is 4.74. The molecule has 0 aliphatic carbocycles. The van der Waals surface area contributed by atoms with Gasteiger partial charge in [0.25, 0.3) is 5.91 Å². The summed E-state index contributed by atoms with van der Waals surface area (Å²) in [5.41, 5.74) is 4.79. The van der Waals surface area contributed by atoms with Crippen molar-refractivity contribution in [2.75, 3.05) is 10.6 Å². The van der Waals surface area contributed by atoms with Crippen molar-refractivity contribution >= 4 is 29.1 Å². The van der Waals surface area contributed by atoms with Gasteiger partial charge in [-0.3, -0.25) is 4.79 Å². The number of nitrogens with zero attached hydrogens (tertiary/aromatic N) is 4. The van der Waals surface area contributed by atoms with E-state index in [1.165, 1.54) is 0 Å². The Bertz CT molecular complexity index is 1400. The minimum atomic E-state index is -0.510. The maximum atomic E-state index is 13.4. The van der Waals surface area contributed by atoms with E-state index in [9.17, 15) is 4.79 Å². The molecule has 1 aliphatic heterocycles. The molecular formula is C26H23ClN6O2. The zero-order chi connectivity index (χ0) is 24.4. The fraction of sp³-hybridized carbons (Fsp3) is 0.154. The van der Waals surface area contributed by atoms with Gasteiger partial charge < -0.3 is 15.4 Å². The van der Waals surface area contributed by atoms with Crippen LogP contribution in [0.5, 0.6) is 5.75 Å². The van der Waals surface area contributed by atoms with Gasteiger partial charge in [0.2, 0.25) is 5.95 Å². The highest BCUT2D eigenvalue weighted by molar-refractivity contribution is 6.31. The molecule has 0 saturated heterocycles. The fourth-order valence-electron chi connectivity index (χ4n) is 3.97. The summed E-state index contributed by atoms with van der Waals surface area (Å²) in [6, 6.07) is 22.3. The molecule has 2 heterocycles. The summed E-state index contributed by atoms with van der Waals surface area (Å²) in [5, 5.41) is 18.8. The summed E-state index contributed by atoms with van der Waals surface area (Å²) >= 11 is 6.23. The van der Waals surface area contributed by atoms with E-state index in [2.05, 4.69) is 26.2 Å².